The molecule has 0 amide bonds. The lowest BCUT2D eigenvalue weighted by molar-refractivity contribution is -0.194. The summed E-state index contributed by atoms with van der Waals surface area (Å²) < 4.78 is 10.6. The maximum absolute atomic E-state index is 12.3. The summed E-state index contributed by atoms with van der Waals surface area (Å²) in [7, 11) is 1.51. The highest BCUT2D eigenvalue weighted by atomic mass is 16.7. The van der Waals surface area contributed by atoms with Gasteiger partial charge < -0.3 is 9.47 Å². The molecule has 2 unspecified atom stereocenters. The summed E-state index contributed by atoms with van der Waals surface area (Å²) in [5.74, 6) is -0.873. The Labute approximate surface area is 110 Å². The Bertz CT molecular complexity index is 303. The van der Waals surface area contributed by atoms with E-state index in [9.17, 15) is 9.59 Å². The highest BCUT2D eigenvalue weighted by Crippen LogP contribution is 2.26. The summed E-state index contributed by atoms with van der Waals surface area (Å²) in [6, 6.07) is 0. The van der Waals surface area contributed by atoms with Gasteiger partial charge in [-0.3, -0.25) is 9.59 Å². The second kappa shape index (κ2) is 6.43. The van der Waals surface area contributed by atoms with Gasteiger partial charge in [0.05, 0.1) is 0 Å². The minimum Gasteiger partial charge on any atom is -0.356 e. The molecule has 0 bridgehead atoms. The number of Topliss-reactive ketones (excluding diaryl/α,β-unsaturated/α-hetero) is 2. The molecule has 0 aromatic heterocycles. The lowest BCUT2D eigenvalue weighted by Crippen LogP contribution is -2.48. The Hall–Kier alpha value is -0.740. The van der Waals surface area contributed by atoms with Crippen LogP contribution in [0.1, 0.15) is 54.4 Å². The van der Waals surface area contributed by atoms with Crippen molar-refractivity contribution in [1.82, 2.24) is 0 Å². The van der Waals surface area contributed by atoms with Crippen LogP contribution in [-0.4, -0.2) is 30.6 Å². The molecule has 0 heterocycles. The molecule has 0 aliphatic heterocycles. The van der Waals surface area contributed by atoms with E-state index in [1.807, 2.05) is 6.92 Å². The van der Waals surface area contributed by atoms with Crippen molar-refractivity contribution in [2.75, 3.05) is 7.11 Å². The van der Waals surface area contributed by atoms with Crippen LogP contribution >= 0.6 is 0 Å². The molecule has 0 saturated heterocycles. The van der Waals surface area contributed by atoms with Crippen molar-refractivity contribution in [1.29, 1.82) is 0 Å². The molecular formula is C14H26O4. The summed E-state index contributed by atoms with van der Waals surface area (Å²) in [6.45, 7) is 10.5. The van der Waals surface area contributed by atoms with Gasteiger partial charge in [0.25, 0.3) is 0 Å². The molecule has 0 saturated carbocycles. The molecule has 18 heavy (non-hydrogen) atoms. The third kappa shape index (κ3) is 4.50. The van der Waals surface area contributed by atoms with Crippen molar-refractivity contribution >= 4 is 11.6 Å². The van der Waals surface area contributed by atoms with Gasteiger partial charge in [0, 0.05) is 12.5 Å². The van der Waals surface area contributed by atoms with Crippen LogP contribution in [0.25, 0.3) is 0 Å². The monoisotopic (exact) mass is 258 g/mol. The fraction of sp³-hybridized carbons (Fsp3) is 0.857. The predicted octanol–water partition coefficient (Wildman–Crippen LogP) is 2.74. The molecule has 0 spiro atoms. The molecule has 0 aliphatic rings. The van der Waals surface area contributed by atoms with Crippen molar-refractivity contribution in [3.05, 3.63) is 0 Å². The Kier molecular flexibility index (Phi) is 6.17. The standard InChI is InChI=1S/C14H26O4/c1-8-9-14(6,18-10(2)17-7)12(16)11(15)13(3,4)5/h10H,8-9H2,1-7H3. The van der Waals surface area contributed by atoms with E-state index in [4.69, 9.17) is 9.47 Å². The minimum atomic E-state index is -1.10. The van der Waals surface area contributed by atoms with E-state index in [1.54, 1.807) is 34.6 Å². The lowest BCUT2D eigenvalue weighted by atomic mass is 9.81. The first-order valence-corrected chi connectivity index (χ1v) is 6.38. The second-order valence-corrected chi connectivity index (χ2v) is 5.81. The quantitative estimate of drug-likeness (QED) is 0.520. The third-order valence-corrected chi connectivity index (χ3v) is 2.85. The maximum Gasteiger partial charge on any atom is 0.230 e. The number of hydrogen-bond acceptors (Lipinski definition) is 4. The van der Waals surface area contributed by atoms with Gasteiger partial charge >= 0.3 is 0 Å². The smallest absolute Gasteiger partial charge is 0.230 e. The first-order valence-electron chi connectivity index (χ1n) is 6.38. The molecule has 0 fully saturated rings. The topological polar surface area (TPSA) is 52.6 Å². The number of carbonyl (C=O) groups is 2. The van der Waals surface area contributed by atoms with Gasteiger partial charge in [-0.25, -0.2) is 0 Å². The summed E-state index contributed by atoms with van der Waals surface area (Å²) in [5.41, 5.74) is -1.79. The Morgan fingerprint density at radius 1 is 1.11 bits per heavy atom. The van der Waals surface area contributed by atoms with Gasteiger partial charge in [0.2, 0.25) is 11.6 Å². The molecule has 0 aromatic carbocycles. The van der Waals surface area contributed by atoms with E-state index in [2.05, 4.69) is 0 Å². The molecule has 106 valence electrons. The zero-order chi connectivity index (χ0) is 14.6. The summed E-state index contributed by atoms with van der Waals surface area (Å²) >= 11 is 0. The average Bonchev–Trinajstić information content (AvgIpc) is 2.25. The van der Waals surface area contributed by atoms with E-state index >= 15 is 0 Å². The van der Waals surface area contributed by atoms with Crippen LogP contribution in [0.3, 0.4) is 0 Å². The number of carbonyl (C=O) groups excluding carboxylic acids is 2. The van der Waals surface area contributed by atoms with Crippen LogP contribution in [0.15, 0.2) is 0 Å². The molecular weight excluding hydrogens is 232 g/mol. The molecule has 0 aromatic rings. The van der Waals surface area contributed by atoms with Gasteiger partial charge in [-0.2, -0.15) is 0 Å². The van der Waals surface area contributed by atoms with Gasteiger partial charge in [-0.1, -0.05) is 34.1 Å². The zero-order valence-corrected chi connectivity index (χ0v) is 12.6. The average molecular weight is 258 g/mol. The van der Waals surface area contributed by atoms with Crippen LogP contribution < -0.4 is 0 Å². The predicted molar refractivity (Wildman–Crippen MR) is 70.3 cm³/mol. The van der Waals surface area contributed by atoms with Crippen LogP contribution in [0.2, 0.25) is 0 Å². The summed E-state index contributed by atoms with van der Waals surface area (Å²) in [6.07, 6.45) is 0.746. The van der Waals surface area contributed by atoms with Crippen molar-refractivity contribution in [3.8, 4) is 0 Å². The van der Waals surface area contributed by atoms with E-state index in [0.29, 0.717) is 6.42 Å². The number of rotatable bonds is 7. The van der Waals surface area contributed by atoms with E-state index in [1.165, 1.54) is 7.11 Å². The van der Waals surface area contributed by atoms with Gasteiger partial charge in [0.1, 0.15) is 5.60 Å². The van der Waals surface area contributed by atoms with Crippen LogP contribution in [0.5, 0.6) is 0 Å². The summed E-state index contributed by atoms with van der Waals surface area (Å²) in [4.78, 5) is 24.4. The SMILES string of the molecule is CCCC(C)(OC(C)OC)C(=O)C(=O)C(C)(C)C. The molecule has 4 nitrogen and oxygen atoms in total. The van der Waals surface area contributed by atoms with E-state index in [0.717, 1.165) is 6.42 Å². The van der Waals surface area contributed by atoms with Gasteiger partial charge in [0.15, 0.2) is 6.29 Å². The van der Waals surface area contributed by atoms with Crippen LogP contribution in [0, 0.1) is 5.41 Å². The molecule has 0 rings (SSSR count). The Morgan fingerprint density at radius 2 is 1.61 bits per heavy atom. The van der Waals surface area contributed by atoms with Crippen molar-refractivity contribution in [2.24, 2.45) is 5.41 Å². The van der Waals surface area contributed by atoms with Crippen molar-refractivity contribution < 1.29 is 19.1 Å². The Morgan fingerprint density at radius 3 is 1.94 bits per heavy atom. The zero-order valence-electron chi connectivity index (χ0n) is 12.6. The first-order chi connectivity index (χ1) is 8.08. The third-order valence-electron chi connectivity index (χ3n) is 2.85. The van der Waals surface area contributed by atoms with E-state index < -0.39 is 28.9 Å². The molecule has 0 radical (unpaired) electrons. The van der Waals surface area contributed by atoms with E-state index in [-0.39, 0.29) is 0 Å². The number of methoxy groups -OCH3 is 1. The summed E-state index contributed by atoms with van der Waals surface area (Å²) in [5, 5.41) is 0. The van der Waals surface area contributed by atoms with Gasteiger partial charge in [-0.05, 0) is 20.3 Å². The van der Waals surface area contributed by atoms with Crippen molar-refractivity contribution in [3.63, 3.8) is 0 Å². The number of hydrogen-bond donors (Lipinski definition) is 0. The maximum atomic E-state index is 12.3. The largest absolute Gasteiger partial charge is 0.356 e. The van der Waals surface area contributed by atoms with Crippen molar-refractivity contribution in [2.45, 2.75) is 66.3 Å². The number of ether oxygens (including phenoxy) is 2. The fourth-order valence-electron chi connectivity index (χ4n) is 1.70. The lowest BCUT2D eigenvalue weighted by Gasteiger charge is -2.32. The number of ketones is 2. The highest BCUT2D eigenvalue weighted by Gasteiger charge is 2.42. The molecule has 4 heteroatoms. The molecule has 2 atom stereocenters. The second-order valence-electron chi connectivity index (χ2n) is 5.81. The normalized spacial score (nSPS) is 17.1. The van der Waals surface area contributed by atoms with Gasteiger partial charge in [-0.15, -0.1) is 0 Å². The fourth-order valence-corrected chi connectivity index (χ4v) is 1.70. The van der Waals surface area contributed by atoms with Crippen LogP contribution in [0.4, 0.5) is 0 Å². The highest BCUT2D eigenvalue weighted by molar-refractivity contribution is 6.41. The first kappa shape index (κ1) is 17.3. The molecule has 0 N–H and O–H groups in total. The minimum absolute atomic E-state index is 0.401. The Balaban J connectivity index is 5.10. The molecule has 0 aliphatic carbocycles. The van der Waals surface area contributed by atoms with Crippen LogP contribution in [-0.2, 0) is 19.1 Å².